The van der Waals surface area contributed by atoms with E-state index in [0.29, 0.717) is 92.0 Å². The fourth-order valence-corrected chi connectivity index (χ4v) is 10.9. The van der Waals surface area contributed by atoms with Crippen LogP contribution in [0.5, 0.6) is 0 Å². The molecule has 15 N–H and O–H groups in total. The highest BCUT2D eigenvalue weighted by atomic mass is 35.5. The number of hydrogen-bond acceptors (Lipinski definition) is 13. The van der Waals surface area contributed by atoms with Gasteiger partial charge in [-0.25, -0.2) is 8.78 Å². The van der Waals surface area contributed by atoms with Crippen molar-refractivity contribution < 1.29 is 79.8 Å². The number of benzene rings is 2. The van der Waals surface area contributed by atoms with Gasteiger partial charge in [-0.15, -0.1) is 35.9 Å². The SMILES string of the molecule is C.Cl.NC(N)=[NH+]CCC[C@H]([NH3+])C(=O)[O-].O=C(O)CCCCCC[C@@H]1[C@@H](CC[C@@H](O)CSc2ccccc2F)[C@H](O)C[C@@H]1O.O=C([O-])CCCCCC[C@@H]1[C@@H](CC[C@@H](O)CSc2ccccc2F)[C@H](O)C[C@@H]1O. The van der Waals surface area contributed by atoms with Crippen LogP contribution in [0, 0.1) is 35.3 Å². The Morgan fingerprint density at radius 1 is 0.639 bits per heavy atom. The number of aliphatic hydroxyl groups is 6. The van der Waals surface area contributed by atoms with E-state index in [1.807, 2.05) is 0 Å². The summed E-state index contributed by atoms with van der Waals surface area (Å²) in [4.78, 5) is 34.8. The Kier molecular flexibility index (Phi) is 37.4. The Morgan fingerprint density at radius 2 is 1.03 bits per heavy atom. The van der Waals surface area contributed by atoms with Crippen molar-refractivity contribution in [1.29, 1.82) is 0 Å². The van der Waals surface area contributed by atoms with Crippen LogP contribution < -0.4 is 32.4 Å². The van der Waals surface area contributed by atoms with Crippen LogP contribution in [-0.2, 0) is 14.4 Å². The van der Waals surface area contributed by atoms with Crippen LogP contribution in [0.25, 0.3) is 0 Å². The van der Waals surface area contributed by atoms with Gasteiger partial charge in [0.2, 0.25) is 0 Å². The van der Waals surface area contributed by atoms with Crippen LogP contribution in [0.3, 0.4) is 0 Å². The number of hydrogen-bond donors (Lipinski definition) is 11. The Balaban J connectivity index is 0.00000112. The monoisotopic (exact) mass is 1080 g/mol. The second-order valence-corrected chi connectivity index (χ2v) is 20.7. The predicted molar refractivity (Wildman–Crippen MR) is 274 cm³/mol. The number of thioether (sulfide) groups is 2. The first-order valence-corrected chi connectivity index (χ1v) is 26.7. The minimum Gasteiger partial charge on any atom is -0.550 e. The number of carboxylic acids is 3. The number of carboxylic acid groups (broad SMARTS) is 3. The summed E-state index contributed by atoms with van der Waals surface area (Å²) in [6.07, 6.45) is 9.08. The van der Waals surface area contributed by atoms with Crippen molar-refractivity contribution in [3.63, 3.8) is 0 Å². The van der Waals surface area contributed by atoms with Crippen molar-refractivity contribution in [2.45, 2.75) is 188 Å². The number of rotatable bonds is 31. The van der Waals surface area contributed by atoms with Crippen molar-refractivity contribution in [1.82, 2.24) is 0 Å². The molecular weight excluding hydrogens is 998 g/mol. The topological polar surface area (TPSA) is 333 Å². The molecule has 0 heterocycles. The second kappa shape index (κ2) is 39.2. The lowest BCUT2D eigenvalue weighted by molar-refractivity contribution is -0.466. The molecule has 0 radical (unpaired) electrons. The van der Waals surface area contributed by atoms with Gasteiger partial charge in [-0.2, -0.15) is 0 Å². The summed E-state index contributed by atoms with van der Waals surface area (Å²) in [6.45, 7) is 0.557. The van der Waals surface area contributed by atoms with Gasteiger partial charge in [0.15, 0.2) is 0 Å². The minimum absolute atomic E-state index is 0. The van der Waals surface area contributed by atoms with Gasteiger partial charge in [0.05, 0.1) is 49.1 Å². The quantitative estimate of drug-likeness (QED) is 0.0222. The molecule has 0 saturated heterocycles. The van der Waals surface area contributed by atoms with Gasteiger partial charge in [0.25, 0.3) is 0 Å². The van der Waals surface area contributed by atoms with Crippen LogP contribution in [0.4, 0.5) is 8.78 Å². The zero-order valence-corrected chi connectivity index (χ0v) is 43.2. The van der Waals surface area contributed by atoms with Crippen molar-refractivity contribution in [3.05, 3.63) is 60.2 Å². The highest BCUT2D eigenvalue weighted by molar-refractivity contribution is 7.99. The summed E-state index contributed by atoms with van der Waals surface area (Å²) in [7, 11) is 0. The molecule has 2 aliphatic carbocycles. The van der Waals surface area contributed by atoms with E-state index in [4.69, 9.17) is 16.6 Å². The number of carbonyl (C=O) groups is 3. The lowest BCUT2D eigenvalue weighted by Crippen LogP contribution is -2.78. The Labute approximate surface area is 439 Å². The molecule has 0 unspecified atom stereocenters. The zero-order valence-electron chi connectivity index (χ0n) is 40.7. The number of nitrogens with two attached hydrogens (primary N) is 2. The van der Waals surface area contributed by atoms with E-state index < -0.39 is 60.6 Å². The van der Waals surface area contributed by atoms with E-state index in [-0.39, 0.29) is 73.9 Å². The molecule has 0 spiro atoms. The number of halogens is 3. The summed E-state index contributed by atoms with van der Waals surface area (Å²) in [5, 5.41) is 91.1. The molecule has 0 aromatic heterocycles. The standard InChI is InChI=1S/2C22H33FO5S.C6H14N4O2.CH4.ClH/c2*23-18-8-5-6-9-21(18)29-14-15(24)11-12-17-16(19(25)13-20(17)26)7-3-1-2-4-10-22(27)28;7-4(5(11)12)2-1-3-10-6(8)9;;/h2*5-6,8-9,15-17,19-20,24-26H,1-4,7,10-14H2,(H,27,28);4H,1-3,7H2,(H,11,12)(H4,8,9,10);1H4;1H/t2*15-,16-,17-,19+,20-;4-;;/m110../s1. The highest BCUT2D eigenvalue weighted by Gasteiger charge is 2.42. The highest BCUT2D eigenvalue weighted by Crippen LogP contribution is 2.41. The van der Waals surface area contributed by atoms with E-state index in [1.54, 1.807) is 36.4 Å². The molecule has 0 bridgehead atoms. The molecule has 2 fully saturated rings. The molecular formula is C51H85ClF2N4O12S2. The van der Waals surface area contributed by atoms with Crippen molar-refractivity contribution in [2.75, 3.05) is 18.1 Å². The van der Waals surface area contributed by atoms with Crippen LogP contribution in [-0.4, -0.2) is 120 Å². The normalized spacial score (nSPS) is 22.3. The third-order valence-corrected chi connectivity index (χ3v) is 15.4. The average molecular weight is 1080 g/mol. The molecule has 2 aromatic carbocycles. The van der Waals surface area contributed by atoms with Crippen molar-refractivity contribution in [2.24, 2.45) is 35.1 Å². The van der Waals surface area contributed by atoms with Gasteiger partial charge in [-0.05, 0) is 125 Å². The first-order chi connectivity index (χ1) is 33.3. The van der Waals surface area contributed by atoms with Crippen LogP contribution in [0.1, 0.15) is 136 Å². The number of nitrogens with one attached hydrogen (secondary N) is 1. The molecule has 414 valence electrons. The molecule has 2 aromatic rings. The summed E-state index contributed by atoms with van der Waals surface area (Å²) >= 11 is 2.56. The van der Waals surface area contributed by atoms with Gasteiger partial charge < -0.3 is 61.3 Å². The first kappa shape index (κ1) is 68.7. The number of quaternary nitrogens is 1. The number of aliphatic hydroxyl groups excluding tert-OH is 6. The molecule has 4 rings (SSSR count). The maximum Gasteiger partial charge on any atom is 0.338 e. The molecule has 2 aliphatic rings. The van der Waals surface area contributed by atoms with E-state index in [1.165, 1.54) is 35.7 Å². The smallest absolute Gasteiger partial charge is 0.338 e. The van der Waals surface area contributed by atoms with Crippen LogP contribution in [0.2, 0.25) is 0 Å². The van der Waals surface area contributed by atoms with E-state index in [0.717, 1.165) is 51.4 Å². The number of carbonyl (C=O) groups excluding carboxylic acids is 2. The second-order valence-electron chi connectivity index (χ2n) is 18.6. The first-order valence-electron chi connectivity index (χ1n) is 24.7. The lowest BCUT2D eigenvalue weighted by Gasteiger charge is -2.24. The van der Waals surface area contributed by atoms with Gasteiger partial charge in [0, 0.05) is 40.1 Å². The number of unbranched alkanes of at least 4 members (excludes halogenated alkanes) is 6. The largest absolute Gasteiger partial charge is 0.550 e. The number of aliphatic carboxylic acids is 3. The molecule has 16 nitrogen and oxygen atoms in total. The predicted octanol–water partition coefficient (Wildman–Crippen LogP) is 1.89. The van der Waals surface area contributed by atoms with Gasteiger partial charge in [-0.1, -0.05) is 70.2 Å². The lowest BCUT2D eigenvalue weighted by atomic mass is 9.85. The summed E-state index contributed by atoms with van der Waals surface area (Å²) in [6, 6.07) is 12.3. The van der Waals surface area contributed by atoms with Gasteiger partial charge in [0.1, 0.15) is 17.7 Å². The van der Waals surface area contributed by atoms with Crippen molar-refractivity contribution >= 4 is 59.8 Å². The molecule has 72 heavy (non-hydrogen) atoms. The Bertz CT molecular complexity index is 1720. The maximum absolute atomic E-state index is 13.7. The third-order valence-electron chi connectivity index (χ3n) is 13.0. The average Bonchev–Trinajstić information content (AvgIpc) is 3.74. The summed E-state index contributed by atoms with van der Waals surface area (Å²) in [5.41, 5.74) is 13.6. The zero-order chi connectivity index (χ0) is 52.0. The van der Waals surface area contributed by atoms with Gasteiger partial charge >= 0.3 is 11.9 Å². The van der Waals surface area contributed by atoms with E-state index >= 15 is 0 Å². The van der Waals surface area contributed by atoms with Gasteiger partial charge in [-0.3, -0.25) is 21.3 Å². The Morgan fingerprint density at radius 3 is 1.40 bits per heavy atom. The maximum atomic E-state index is 13.7. The molecule has 0 aliphatic heterocycles. The summed E-state index contributed by atoms with van der Waals surface area (Å²) in [5.74, 6) is -2.68. The van der Waals surface area contributed by atoms with Crippen LogP contribution >= 0.6 is 35.9 Å². The minimum atomic E-state index is -1.13. The van der Waals surface area contributed by atoms with Crippen molar-refractivity contribution in [3.8, 4) is 0 Å². The number of guanidine groups is 1. The Hall–Kier alpha value is -3.31. The van der Waals surface area contributed by atoms with E-state index in [2.05, 4.69) is 10.7 Å². The van der Waals surface area contributed by atoms with Crippen LogP contribution in [0.15, 0.2) is 58.3 Å². The molecule has 21 heteroatoms. The fourth-order valence-electron chi connectivity index (χ4n) is 9.10. The summed E-state index contributed by atoms with van der Waals surface area (Å²) < 4.78 is 27.3. The van der Waals surface area contributed by atoms with E-state index in [9.17, 15) is 64.0 Å². The molecule has 2 saturated carbocycles. The molecule has 11 atom stereocenters. The third kappa shape index (κ3) is 29.0. The molecule has 0 amide bonds. The fraction of sp³-hybridized carbons (Fsp3) is 0.686.